The van der Waals surface area contributed by atoms with Crippen LogP contribution < -0.4 is 16.6 Å². The highest BCUT2D eigenvalue weighted by molar-refractivity contribution is 8.00. The molecule has 0 spiro atoms. The predicted molar refractivity (Wildman–Crippen MR) is 108 cm³/mol. The van der Waals surface area contributed by atoms with Crippen molar-refractivity contribution in [3.63, 3.8) is 0 Å². The first-order valence-corrected chi connectivity index (χ1v) is 9.24. The van der Waals surface area contributed by atoms with E-state index in [1.807, 2.05) is 6.07 Å². The van der Waals surface area contributed by atoms with Crippen LogP contribution >= 0.6 is 11.8 Å². The Morgan fingerprint density at radius 3 is 2.55 bits per heavy atom. The fourth-order valence-electron chi connectivity index (χ4n) is 2.89. The Hall–Kier alpha value is -3.24. The Labute approximate surface area is 167 Å². The van der Waals surface area contributed by atoms with Crippen molar-refractivity contribution in [2.24, 2.45) is 5.84 Å². The fraction of sp³-hybridized carbons (Fsp3) is 0.0526. The Bertz CT molecular complexity index is 1170. The second-order valence-corrected chi connectivity index (χ2v) is 7.25. The summed E-state index contributed by atoms with van der Waals surface area (Å²) in [7, 11) is 0. The van der Waals surface area contributed by atoms with Crippen LogP contribution in [0.1, 0.15) is 0 Å². The van der Waals surface area contributed by atoms with Crippen LogP contribution in [0.2, 0.25) is 0 Å². The minimum atomic E-state index is -4.36. The van der Waals surface area contributed by atoms with Crippen LogP contribution in [-0.2, 0) is 0 Å². The van der Waals surface area contributed by atoms with Gasteiger partial charge in [-0.1, -0.05) is 24.3 Å². The quantitative estimate of drug-likeness (QED) is 0.219. The number of hydrazine groups is 1. The summed E-state index contributed by atoms with van der Waals surface area (Å²) in [5.41, 5.74) is 4.23. The maximum absolute atomic E-state index is 12.7. The van der Waals surface area contributed by atoms with Gasteiger partial charge in [0, 0.05) is 28.8 Å². The minimum absolute atomic E-state index is 0.0812. The van der Waals surface area contributed by atoms with Crippen molar-refractivity contribution in [2.75, 3.05) is 10.7 Å². The summed E-state index contributed by atoms with van der Waals surface area (Å²) in [6, 6.07) is 16.6. The standard InChI is InChI=1S/C19H15F3N6S/c20-19(21,22)29-13-5-3-4-12(10-13)15-11-17-25-9-8-18(28(17)26-15)27(24)16-7-2-1-6-14(16)23/h1-11H,23-24H2. The van der Waals surface area contributed by atoms with E-state index in [0.717, 1.165) is 0 Å². The highest BCUT2D eigenvalue weighted by Crippen LogP contribution is 2.38. The van der Waals surface area contributed by atoms with Crippen molar-refractivity contribution in [3.8, 4) is 11.3 Å². The van der Waals surface area contributed by atoms with E-state index in [2.05, 4.69) is 10.1 Å². The number of hydrogen-bond donors (Lipinski definition) is 2. The third-order valence-corrected chi connectivity index (χ3v) is 4.87. The molecule has 0 bridgehead atoms. The predicted octanol–water partition coefficient (Wildman–Crippen LogP) is 4.60. The molecular formula is C19H15F3N6S. The number of aromatic nitrogens is 3. The van der Waals surface area contributed by atoms with Gasteiger partial charge in [-0.05, 0) is 36.0 Å². The average molecular weight is 416 g/mol. The van der Waals surface area contributed by atoms with Crippen molar-refractivity contribution in [1.82, 2.24) is 14.6 Å². The van der Waals surface area contributed by atoms with Gasteiger partial charge in [-0.3, -0.25) is 5.01 Å². The molecule has 6 nitrogen and oxygen atoms in total. The summed E-state index contributed by atoms with van der Waals surface area (Å²) in [6.45, 7) is 0. The summed E-state index contributed by atoms with van der Waals surface area (Å²) in [5.74, 6) is 6.76. The zero-order valence-corrected chi connectivity index (χ0v) is 15.7. The summed E-state index contributed by atoms with van der Waals surface area (Å²) >= 11 is -0.169. The third kappa shape index (κ3) is 3.98. The number of thioether (sulfide) groups is 1. The van der Waals surface area contributed by atoms with Crippen molar-refractivity contribution in [3.05, 3.63) is 66.9 Å². The molecule has 0 fully saturated rings. The zero-order valence-electron chi connectivity index (χ0n) is 14.8. The summed E-state index contributed by atoms with van der Waals surface area (Å²) in [6.07, 6.45) is 1.57. The van der Waals surface area contributed by atoms with Crippen molar-refractivity contribution in [1.29, 1.82) is 0 Å². The number of hydrogen-bond acceptors (Lipinski definition) is 6. The van der Waals surface area contributed by atoms with Crippen LogP contribution in [0.25, 0.3) is 16.9 Å². The summed E-state index contributed by atoms with van der Waals surface area (Å²) < 4.78 is 39.6. The van der Waals surface area contributed by atoms with Crippen molar-refractivity contribution in [2.45, 2.75) is 10.4 Å². The molecule has 0 aliphatic heterocycles. The van der Waals surface area contributed by atoms with Gasteiger partial charge in [0.05, 0.1) is 17.1 Å². The molecule has 2 heterocycles. The van der Waals surface area contributed by atoms with E-state index >= 15 is 0 Å². The Morgan fingerprint density at radius 1 is 1.00 bits per heavy atom. The number of anilines is 3. The molecule has 29 heavy (non-hydrogen) atoms. The average Bonchev–Trinajstić information content (AvgIpc) is 3.11. The first kappa shape index (κ1) is 19.1. The number of alkyl halides is 3. The largest absolute Gasteiger partial charge is 0.446 e. The third-order valence-electron chi connectivity index (χ3n) is 4.14. The molecule has 0 saturated heterocycles. The Morgan fingerprint density at radius 2 is 1.79 bits per heavy atom. The molecule has 4 aromatic rings. The molecule has 4 N–H and O–H groups in total. The monoisotopic (exact) mass is 416 g/mol. The molecule has 2 aromatic heterocycles. The molecular weight excluding hydrogens is 401 g/mol. The van der Waals surface area contributed by atoms with E-state index in [-0.39, 0.29) is 16.7 Å². The Balaban J connectivity index is 1.76. The van der Waals surface area contributed by atoms with Gasteiger partial charge in [0.1, 0.15) is 0 Å². The van der Waals surface area contributed by atoms with Crippen LogP contribution in [-0.4, -0.2) is 20.1 Å². The topological polar surface area (TPSA) is 85.5 Å². The molecule has 0 saturated carbocycles. The van der Waals surface area contributed by atoms with Gasteiger partial charge in [-0.25, -0.2) is 10.8 Å². The number of nitrogen functional groups attached to an aromatic ring is 1. The number of rotatable bonds is 4. The highest BCUT2D eigenvalue weighted by Gasteiger charge is 2.29. The number of fused-ring (bicyclic) bond motifs is 1. The number of para-hydroxylation sites is 2. The molecule has 4 rings (SSSR count). The minimum Gasteiger partial charge on any atom is -0.397 e. The lowest BCUT2D eigenvalue weighted by Crippen LogP contribution is -2.28. The van der Waals surface area contributed by atoms with Crippen LogP contribution in [0.4, 0.5) is 30.4 Å². The van der Waals surface area contributed by atoms with Gasteiger partial charge >= 0.3 is 5.51 Å². The molecule has 0 atom stereocenters. The smallest absolute Gasteiger partial charge is 0.397 e. The molecule has 0 aliphatic carbocycles. The Kier molecular flexibility index (Phi) is 4.81. The first-order valence-electron chi connectivity index (χ1n) is 8.42. The normalized spacial score (nSPS) is 11.7. The molecule has 2 aromatic carbocycles. The number of halogens is 3. The van der Waals surface area contributed by atoms with Gasteiger partial charge in [0.25, 0.3) is 0 Å². The lowest BCUT2D eigenvalue weighted by atomic mass is 10.1. The molecule has 0 amide bonds. The zero-order chi connectivity index (χ0) is 20.6. The van der Waals surface area contributed by atoms with E-state index in [1.165, 1.54) is 21.7 Å². The van der Waals surface area contributed by atoms with Gasteiger partial charge in [0.15, 0.2) is 11.5 Å². The second kappa shape index (κ2) is 7.30. The second-order valence-electron chi connectivity index (χ2n) is 6.11. The number of nitrogens with zero attached hydrogens (tertiary/aromatic N) is 4. The van der Waals surface area contributed by atoms with Crippen molar-refractivity contribution >= 4 is 34.6 Å². The maximum Gasteiger partial charge on any atom is 0.446 e. The molecule has 10 heteroatoms. The summed E-state index contributed by atoms with van der Waals surface area (Å²) in [4.78, 5) is 4.35. The lowest BCUT2D eigenvalue weighted by Gasteiger charge is -2.20. The lowest BCUT2D eigenvalue weighted by molar-refractivity contribution is -0.0328. The van der Waals surface area contributed by atoms with Crippen LogP contribution in [0, 0.1) is 0 Å². The van der Waals surface area contributed by atoms with E-state index in [0.29, 0.717) is 34.1 Å². The molecule has 0 unspecified atom stereocenters. The van der Waals surface area contributed by atoms with E-state index in [4.69, 9.17) is 11.6 Å². The maximum atomic E-state index is 12.7. The molecule has 0 radical (unpaired) electrons. The van der Waals surface area contributed by atoms with Gasteiger partial charge in [-0.2, -0.15) is 22.8 Å². The highest BCUT2D eigenvalue weighted by atomic mass is 32.2. The van der Waals surface area contributed by atoms with Gasteiger partial charge in [0.2, 0.25) is 0 Å². The number of nitrogens with two attached hydrogens (primary N) is 2. The first-order chi connectivity index (χ1) is 13.8. The van der Waals surface area contributed by atoms with Crippen molar-refractivity contribution < 1.29 is 13.2 Å². The van der Waals surface area contributed by atoms with Gasteiger partial charge in [-0.15, -0.1) is 0 Å². The molecule has 148 valence electrons. The van der Waals surface area contributed by atoms with E-state index in [1.54, 1.807) is 48.7 Å². The van der Waals surface area contributed by atoms with Crippen LogP contribution in [0.15, 0.2) is 71.8 Å². The van der Waals surface area contributed by atoms with Crippen LogP contribution in [0.3, 0.4) is 0 Å². The number of benzene rings is 2. The van der Waals surface area contributed by atoms with E-state index in [9.17, 15) is 13.2 Å². The van der Waals surface area contributed by atoms with E-state index < -0.39 is 5.51 Å². The molecule has 0 aliphatic rings. The van der Waals surface area contributed by atoms with Crippen LogP contribution in [0.5, 0.6) is 0 Å². The fourth-order valence-corrected chi connectivity index (χ4v) is 3.49. The SMILES string of the molecule is Nc1ccccc1N(N)c1ccnc2cc(-c3cccc(SC(F)(F)F)c3)nn12. The summed E-state index contributed by atoms with van der Waals surface area (Å²) in [5, 5.41) is 5.88. The van der Waals surface area contributed by atoms with Gasteiger partial charge < -0.3 is 5.73 Å².